The normalized spacial score (nSPS) is 15.2. The fourth-order valence-electron chi connectivity index (χ4n) is 3.10. The van der Waals surface area contributed by atoms with Crippen LogP contribution in [0.4, 0.5) is 24.7 Å². The molecule has 0 saturated carbocycles. The highest BCUT2D eigenvalue weighted by atomic mass is 35.5. The molecule has 1 aliphatic heterocycles. The predicted molar refractivity (Wildman–Crippen MR) is 100 cm³/mol. The third-order valence-electron chi connectivity index (χ3n) is 4.57. The van der Waals surface area contributed by atoms with E-state index in [4.69, 9.17) is 11.6 Å². The van der Waals surface area contributed by atoms with Gasteiger partial charge in [-0.15, -0.1) is 0 Å². The summed E-state index contributed by atoms with van der Waals surface area (Å²) in [6, 6.07) is 6.05. The van der Waals surface area contributed by atoms with Crippen LogP contribution in [0.5, 0.6) is 0 Å². The van der Waals surface area contributed by atoms with Crippen molar-refractivity contribution in [2.45, 2.75) is 12.6 Å². The SMILES string of the molecule is O=C(c1cc(Cl)ccc1[N+](=O)[O-])N1CCCN(c2ccc(C(F)(F)F)cn2)CC1. The van der Waals surface area contributed by atoms with Crippen LogP contribution < -0.4 is 4.90 Å². The maximum Gasteiger partial charge on any atom is 0.417 e. The van der Waals surface area contributed by atoms with Gasteiger partial charge in [-0.2, -0.15) is 13.2 Å². The summed E-state index contributed by atoms with van der Waals surface area (Å²) in [5.41, 5.74) is -1.25. The fourth-order valence-corrected chi connectivity index (χ4v) is 3.27. The van der Waals surface area contributed by atoms with Gasteiger partial charge in [0.1, 0.15) is 11.4 Å². The van der Waals surface area contributed by atoms with Gasteiger partial charge in [-0.25, -0.2) is 4.98 Å². The number of alkyl halides is 3. The number of hydrogen-bond acceptors (Lipinski definition) is 5. The van der Waals surface area contributed by atoms with Gasteiger partial charge in [-0.3, -0.25) is 14.9 Å². The number of nitro benzene ring substituents is 1. The van der Waals surface area contributed by atoms with E-state index in [-0.39, 0.29) is 22.8 Å². The Kier molecular flexibility index (Phi) is 5.92. The molecule has 3 rings (SSSR count). The first-order valence-corrected chi connectivity index (χ1v) is 9.06. The maximum atomic E-state index is 12.8. The molecule has 1 aliphatic rings. The first-order valence-electron chi connectivity index (χ1n) is 8.68. The van der Waals surface area contributed by atoms with Crippen molar-refractivity contribution in [3.8, 4) is 0 Å². The lowest BCUT2D eigenvalue weighted by Gasteiger charge is -2.23. The topological polar surface area (TPSA) is 79.6 Å². The zero-order valence-corrected chi connectivity index (χ0v) is 15.8. The number of nitrogens with zero attached hydrogens (tertiary/aromatic N) is 4. The number of halogens is 4. The van der Waals surface area contributed by atoms with Gasteiger partial charge in [0.25, 0.3) is 11.6 Å². The van der Waals surface area contributed by atoms with Crippen molar-refractivity contribution in [1.29, 1.82) is 0 Å². The summed E-state index contributed by atoms with van der Waals surface area (Å²) in [4.78, 5) is 30.5. The third kappa shape index (κ3) is 4.76. The lowest BCUT2D eigenvalue weighted by molar-refractivity contribution is -0.385. The van der Waals surface area contributed by atoms with Crippen LogP contribution in [0, 0.1) is 10.1 Å². The van der Waals surface area contributed by atoms with Gasteiger partial charge in [0.15, 0.2) is 0 Å². The van der Waals surface area contributed by atoms with Crippen LogP contribution in [0.25, 0.3) is 0 Å². The second-order valence-corrected chi connectivity index (χ2v) is 6.89. The summed E-state index contributed by atoms with van der Waals surface area (Å²) in [5.74, 6) is -0.137. The summed E-state index contributed by atoms with van der Waals surface area (Å²) in [7, 11) is 0. The van der Waals surface area contributed by atoms with E-state index in [2.05, 4.69) is 4.98 Å². The number of hydrogen-bond donors (Lipinski definition) is 0. The van der Waals surface area contributed by atoms with Crippen LogP contribution >= 0.6 is 11.6 Å². The number of carbonyl (C=O) groups excluding carboxylic acids is 1. The van der Waals surface area contributed by atoms with Crippen molar-refractivity contribution in [2.75, 3.05) is 31.1 Å². The molecular formula is C18H16ClF3N4O3. The molecule has 2 aromatic rings. The molecule has 0 spiro atoms. The van der Waals surface area contributed by atoms with Crippen LogP contribution in [0.3, 0.4) is 0 Å². The minimum atomic E-state index is -4.46. The highest BCUT2D eigenvalue weighted by Crippen LogP contribution is 2.30. The molecule has 7 nitrogen and oxygen atoms in total. The van der Waals surface area contributed by atoms with E-state index in [1.165, 1.54) is 29.2 Å². The van der Waals surface area contributed by atoms with E-state index < -0.39 is 22.6 Å². The second kappa shape index (κ2) is 8.24. The molecule has 29 heavy (non-hydrogen) atoms. The molecule has 0 N–H and O–H groups in total. The summed E-state index contributed by atoms with van der Waals surface area (Å²) < 4.78 is 38.1. The van der Waals surface area contributed by atoms with E-state index in [1.807, 2.05) is 0 Å². The number of pyridine rings is 1. The largest absolute Gasteiger partial charge is 0.417 e. The van der Waals surface area contributed by atoms with Crippen molar-refractivity contribution >= 4 is 29.0 Å². The average Bonchev–Trinajstić information content (AvgIpc) is 2.93. The highest BCUT2D eigenvalue weighted by molar-refractivity contribution is 6.31. The summed E-state index contributed by atoms with van der Waals surface area (Å²) in [6.07, 6.45) is -3.15. The zero-order chi connectivity index (χ0) is 21.2. The Hall–Kier alpha value is -2.88. The smallest absolute Gasteiger partial charge is 0.355 e. The van der Waals surface area contributed by atoms with E-state index in [9.17, 15) is 28.1 Å². The van der Waals surface area contributed by atoms with Gasteiger partial charge in [0.05, 0.1) is 10.5 Å². The Morgan fingerprint density at radius 3 is 2.52 bits per heavy atom. The van der Waals surface area contributed by atoms with Crippen molar-refractivity contribution in [2.24, 2.45) is 0 Å². The average molecular weight is 429 g/mol. The van der Waals surface area contributed by atoms with Gasteiger partial charge in [-0.05, 0) is 30.7 Å². The molecule has 0 unspecified atom stereocenters. The molecule has 1 saturated heterocycles. The van der Waals surface area contributed by atoms with E-state index in [1.54, 1.807) is 4.90 Å². The molecule has 1 aromatic carbocycles. The number of amides is 1. The molecule has 2 heterocycles. The summed E-state index contributed by atoms with van der Waals surface area (Å²) in [6.45, 7) is 1.41. The van der Waals surface area contributed by atoms with Crippen molar-refractivity contribution in [3.63, 3.8) is 0 Å². The van der Waals surface area contributed by atoms with Gasteiger partial charge < -0.3 is 9.80 Å². The Balaban J connectivity index is 1.74. The Labute approximate surface area is 168 Å². The number of carbonyl (C=O) groups is 1. The van der Waals surface area contributed by atoms with Crippen LogP contribution in [-0.4, -0.2) is 46.9 Å². The van der Waals surface area contributed by atoms with Crippen LogP contribution in [-0.2, 0) is 6.18 Å². The second-order valence-electron chi connectivity index (χ2n) is 6.45. The Bertz CT molecular complexity index is 922. The molecule has 0 atom stereocenters. The van der Waals surface area contributed by atoms with Crippen LogP contribution in [0.15, 0.2) is 36.5 Å². The number of nitro groups is 1. The first kappa shape index (κ1) is 20.8. The molecule has 1 fully saturated rings. The molecule has 1 aromatic heterocycles. The molecule has 0 bridgehead atoms. The number of rotatable bonds is 3. The van der Waals surface area contributed by atoms with Gasteiger partial charge >= 0.3 is 6.18 Å². The van der Waals surface area contributed by atoms with Crippen molar-refractivity contribution < 1.29 is 22.9 Å². The Morgan fingerprint density at radius 1 is 1.14 bits per heavy atom. The van der Waals surface area contributed by atoms with Crippen LogP contribution in [0.2, 0.25) is 5.02 Å². The molecule has 1 amide bonds. The summed E-state index contributed by atoms with van der Waals surface area (Å²) >= 11 is 5.89. The maximum absolute atomic E-state index is 12.8. The highest BCUT2D eigenvalue weighted by Gasteiger charge is 2.31. The van der Waals surface area contributed by atoms with E-state index >= 15 is 0 Å². The van der Waals surface area contributed by atoms with Crippen molar-refractivity contribution in [1.82, 2.24) is 9.88 Å². The fraction of sp³-hybridized carbons (Fsp3) is 0.333. The molecule has 11 heteroatoms. The zero-order valence-electron chi connectivity index (χ0n) is 15.0. The summed E-state index contributed by atoms with van der Waals surface area (Å²) in [5, 5.41) is 11.4. The Morgan fingerprint density at radius 2 is 1.90 bits per heavy atom. The molecule has 0 aliphatic carbocycles. The number of aromatic nitrogens is 1. The number of anilines is 1. The molecule has 154 valence electrons. The minimum absolute atomic E-state index is 0.0939. The molecule has 0 radical (unpaired) electrons. The van der Waals surface area contributed by atoms with Gasteiger partial charge in [0, 0.05) is 43.5 Å². The van der Waals surface area contributed by atoms with Gasteiger partial charge in [-0.1, -0.05) is 11.6 Å². The van der Waals surface area contributed by atoms with Crippen molar-refractivity contribution in [3.05, 3.63) is 62.8 Å². The monoisotopic (exact) mass is 428 g/mol. The van der Waals surface area contributed by atoms with Crippen LogP contribution in [0.1, 0.15) is 22.3 Å². The van der Waals surface area contributed by atoms with E-state index in [0.29, 0.717) is 31.9 Å². The predicted octanol–water partition coefficient (Wildman–Crippen LogP) is 4.01. The standard InChI is InChI=1S/C18H16ClF3N4O3/c19-13-3-4-15(26(28)29)14(10-13)17(27)25-7-1-6-24(8-9-25)16-5-2-12(11-23-16)18(20,21)22/h2-5,10-11H,1,6-9H2. The van der Waals surface area contributed by atoms with E-state index in [0.717, 1.165) is 12.3 Å². The van der Waals surface area contributed by atoms with Gasteiger partial charge in [0.2, 0.25) is 0 Å². The first-order chi connectivity index (χ1) is 13.7. The lowest BCUT2D eigenvalue weighted by Crippen LogP contribution is -2.35. The minimum Gasteiger partial charge on any atom is -0.355 e. The third-order valence-corrected chi connectivity index (χ3v) is 4.80. The quantitative estimate of drug-likeness (QED) is 0.545. The molecular weight excluding hydrogens is 413 g/mol. The lowest BCUT2D eigenvalue weighted by atomic mass is 10.1. The number of benzene rings is 1.